The molecular formula is C17H20N3O3S+. The van der Waals surface area contributed by atoms with Crippen LogP contribution in [0.2, 0.25) is 0 Å². The molecule has 2 aliphatic rings. The third-order valence-corrected chi connectivity index (χ3v) is 6.32. The van der Waals surface area contributed by atoms with E-state index in [0.717, 1.165) is 39.7 Å². The van der Waals surface area contributed by atoms with Crippen molar-refractivity contribution in [3.8, 4) is 11.5 Å². The molecule has 0 amide bonds. The topological polar surface area (TPSA) is 63.5 Å². The Labute approximate surface area is 143 Å². The molecule has 0 saturated heterocycles. The molecule has 0 bridgehead atoms. The van der Waals surface area contributed by atoms with Crippen molar-refractivity contribution in [3.05, 3.63) is 41.2 Å². The van der Waals surface area contributed by atoms with Crippen LogP contribution in [0, 0.1) is 13.8 Å². The van der Waals surface area contributed by atoms with Gasteiger partial charge in [-0.3, -0.25) is 10.6 Å². The number of pyridine rings is 1. The van der Waals surface area contributed by atoms with Gasteiger partial charge in [0, 0.05) is 6.07 Å². The van der Waals surface area contributed by atoms with Crippen LogP contribution in [-0.4, -0.2) is 18.4 Å². The molecule has 1 aromatic heterocycles. The van der Waals surface area contributed by atoms with E-state index in [-0.39, 0.29) is 0 Å². The molecule has 3 heterocycles. The molecule has 7 heteroatoms. The molecule has 4 rings (SSSR count). The summed E-state index contributed by atoms with van der Waals surface area (Å²) in [7, 11) is 2.13. The van der Waals surface area contributed by atoms with Crippen molar-refractivity contribution in [2.24, 2.45) is 0 Å². The van der Waals surface area contributed by atoms with Crippen molar-refractivity contribution in [1.82, 2.24) is 0 Å². The normalized spacial score (nSPS) is 23.4. The second kappa shape index (κ2) is 5.11. The first-order valence-corrected chi connectivity index (χ1v) is 9.04. The highest BCUT2D eigenvalue weighted by Crippen LogP contribution is 2.42. The van der Waals surface area contributed by atoms with E-state index in [1.54, 1.807) is 14.2 Å². The van der Waals surface area contributed by atoms with Crippen LogP contribution in [0.15, 0.2) is 24.4 Å². The molecule has 2 N–H and O–H groups in total. The molecule has 2 atom stereocenters. The first-order valence-electron chi connectivity index (χ1n) is 7.72. The standard InChI is InChI=1S/C17H20N3O3S/c1-10-8-20-15(11(2)16(10)23-4)9-24(21)17(20)18-13-6-5-12(22-3)7-14(13)19-17/h5-8,18-19H,9H2,1-4H3/q+1. The van der Waals surface area contributed by atoms with Crippen molar-refractivity contribution in [3.63, 3.8) is 0 Å². The number of anilines is 2. The fraction of sp³-hybridized carbons (Fsp3) is 0.353. The fourth-order valence-electron chi connectivity index (χ4n) is 3.54. The van der Waals surface area contributed by atoms with Crippen molar-refractivity contribution in [2.75, 3.05) is 24.9 Å². The Bertz CT molecular complexity index is 884. The number of ether oxygens (including phenoxy) is 2. The van der Waals surface area contributed by atoms with Crippen LogP contribution in [0.5, 0.6) is 11.5 Å². The number of benzene rings is 1. The third-order valence-electron chi connectivity index (χ3n) is 4.72. The minimum Gasteiger partial charge on any atom is -0.497 e. The predicted octanol–water partition coefficient (Wildman–Crippen LogP) is 1.98. The number of fused-ring (bicyclic) bond motifs is 3. The number of aryl methyl sites for hydroxylation is 1. The maximum Gasteiger partial charge on any atom is 0.402 e. The molecule has 0 fully saturated rings. The zero-order chi connectivity index (χ0) is 17.1. The van der Waals surface area contributed by atoms with Crippen molar-refractivity contribution < 1.29 is 18.2 Å². The third kappa shape index (κ3) is 1.87. The van der Waals surface area contributed by atoms with Crippen LogP contribution in [0.25, 0.3) is 0 Å². The van der Waals surface area contributed by atoms with E-state index < -0.39 is 15.9 Å². The predicted molar refractivity (Wildman–Crippen MR) is 92.7 cm³/mol. The number of nitrogens with one attached hydrogen (secondary N) is 2. The van der Waals surface area contributed by atoms with Crippen LogP contribution >= 0.6 is 0 Å². The number of nitrogens with zero attached hydrogens (tertiary/aromatic N) is 1. The van der Waals surface area contributed by atoms with E-state index >= 15 is 0 Å². The van der Waals surface area contributed by atoms with E-state index in [4.69, 9.17) is 9.47 Å². The Morgan fingerprint density at radius 3 is 2.62 bits per heavy atom. The minimum absolute atomic E-state index is 0.466. The maximum absolute atomic E-state index is 13.0. The highest BCUT2D eigenvalue weighted by atomic mass is 32.2. The van der Waals surface area contributed by atoms with Gasteiger partial charge in [0.15, 0.2) is 6.20 Å². The summed E-state index contributed by atoms with van der Waals surface area (Å²) in [5.41, 5.74) is 4.84. The summed E-state index contributed by atoms with van der Waals surface area (Å²) < 4.78 is 25.9. The van der Waals surface area contributed by atoms with Crippen LogP contribution in [-0.2, 0) is 21.7 Å². The lowest BCUT2D eigenvalue weighted by atomic mass is 10.1. The number of aromatic nitrogens is 1. The molecule has 0 aliphatic carbocycles. The van der Waals surface area contributed by atoms with Gasteiger partial charge in [0.25, 0.3) is 0 Å². The fourth-order valence-corrected chi connectivity index (χ4v) is 5.18. The Balaban J connectivity index is 1.87. The Morgan fingerprint density at radius 1 is 1.17 bits per heavy atom. The highest BCUT2D eigenvalue weighted by molar-refractivity contribution is 7.85. The van der Waals surface area contributed by atoms with Crippen molar-refractivity contribution >= 4 is 22.2 Å². The molecular weight excluding hydrogens is 326 g/mol. The second-order valence-electron chi connectivity index (χ2n) is 6.08. The zero-order valence-corrected chi connectivity index (χ0v) is 14.9. The average molecular weight is 346 g/mol. The van der Waals surface area contributed by atoms with Gasteiger partial charge in [0.05, 0.1) is 36.7 Å². The van der Waals surface area contributed by atoms with Crippen LogP contribution in [0.1, 0.15) is 16.8 Å². The monoisotopic (exact) mass is 346 g/mol. The van der Waals surface area contributed by atoms with Gasteiger partial charge >= 0.3 is 5.12 Å². The highest BCUT2D eigenvalue weighted by Gasteiger charge is 2.58. The molecule has 2 aromatic rings. The summed E-state index contributed by atoms with van der Waals surface area (Å²) in [6.45, 7) is 4.01. The van der Waals surface area contributed by atoms with Gasteiger partial charge in [-0.2, -0.15) is 0 Å². The van der Waals surface area contributed by atoms with E-state index in [1.807, 2.05) is 42.8 Å². The lowest BCUT2D eigenvalue weighted by molar-refractivity contribution is -0.727. The van der Waals surface area contributed by atoms with Gasteiger partial charge < -0.3 is 9.47 Å². The molecule has 0 radical (unpaired) electrons. The Kier molecular flexibility index (Phi) is 3.25. The van der Waals surface area contributed by atoms with Gasteiger partial charge in [0.1, 0.15) is 28.1 Å². The van der Waals surface area contributed by atoms with Crippen molar-refractivity contribution in [2.45, 2.75) is 24.7 Å². The van der Waals surface area contributed by atoms with E-state index in [2.05, 4.69) is 10.6 Å². The molecule has 24 heavy (non-hydrogen) atoms. The largest absolute Gasteiger partial charge is 0.497 e. The van der Waals surface area contributed by atoms with Gasteiger partial charge in [-0.05, 0) is 26.0 Å². The van der Waals surface area contributed by atoms with Gasteiger partial charge in [-0.1, -0.05) is 0 Å². The van der Waals surface area contributed by atoms with Crippen LogP contribution in [0.3, 0.4) is 0 Å². The molecule has 0 saturated carbocycles. The Hall–Kier alpha value is -2.28. The smallest absolute Gasteiger partial charge is 0.402 e. The molecule has 126 valence electrons. The maximum atomic E-state index is 13.0. The average Bonchev–Trinajstić information content (AvgIpc) is 3.07. The van der Waals surface area contributed by atoms with Crippen LogP contribution < -0.4 is 24.7 Å². The SMILES string of the molecule is COc1ccc2c(c1)NC1(N2)[n+]2cc(C)c(OC)c(C)c2CS1=O. The van der Waals surface area contributed by atoms with Crippen molar-refractivity contribution in [1.29, 1.82) is 0 Å². The summed E-state index contributed by atoms with van der Waals surface area (Å²) in [6.07, 6.45) is 2.00. The summed E-state index contributed by atoms with van der Waals surface area (Å²) >= 11 is 0. The molecule has 2 aliphatic heterocycles. The number of hydrogen-bond donors (Lipinski definition) is 2. The second-order valence-corrected chi connectivity index (χ2v) is 7.65. The number of methoxy groups -OCH3 is 2. The first-order chi connectivity index (χ1) is 11.5. The zero-order valence-electron chi connectivity index (χ0n) is 14.1. The summed E-state index contributed by atoms with van der Waals surface area (Å²) in [5, 5.41) is 5.96. The Morgan fingerprint density at radius 2 is 1.92 bits per heavy atom. The van der Waals surface area contributed by atoms with E-state index in [1.165, 1.54) is 0 Å². The van der Waals surface area contributed by atoms with E-state index in [0.29, 0.717) is 5.75 Å². The summed E-state index contributed by atoms with van der Waals surface area (Å²) in [4.78, 5) is 0. The van der Waals surface area contributed by atoms with Gasteiger partial charge in [0.2, 0.25) is 5.69 Å². The lowest BCUT2D eigenvalue weighted by Gasteiger charge is -2.19. The molecule has 1 spiro atoms. The molecule has 2 unspecified atom stereocenters. The van der Waals surface area contributed by atoms with Gasteiger partial charge in [-0.15, -0.1) is 4.57 Å². The van der Waals surface area contributed by atoms with Gasteiger partial charge in [-0.25, -0.2) is 4.21 Å². The number of hydrogen-bond acceptors (Lipinski definition) is 5. The van der Waals surface area contributed by atoms with E-state index in [9.17, 15) is 4.21 Å². The van der Waals surface area contributed by atoms with Crippen LogP contribution in [0.4, 0.5) is 11.4 Å². The first kappa shape index (κ1) is 15.3. The molecule has 6 nitrogen and oxygen atoms in total. The molecule has 1 aromatic carbocycles. The minimum atomic E-state index is -1.17. The summed E-state index contributed by atoms with van der Waals surface area (Å²) in [6, 6.07) is 5.74. The number of rotatable bonds is 2. The quantitative estimate of drug-likeness (QED) is 0.814. The lowest BCUT2D eigenvalue weighted by Crippen LogP contribution is -2.63. The summed E-state index contributed by atoms with van der Waals surface area (Å²) in [5.74, 6) is 2.08.